The van der Waals surface area contributed by atoms with Crippen LogP contribution < -0.4 is 5.56 Å². The first kappa shape index (κ1) is 12.4. The maximum Gasteiger partial charge on any atom is 0.258 e. The fraction of sp³-hybridized carbons (Fsp3) is 0.0588. The Balaban J connectivity index is 2.07. The maximum absolute atomic E-state index is 12.1. The van der Waals surface area contributed by atoms with E-state index >= 15 is 0 Å². The third-order valence-corrected chi connectivity index (χ3v) is 3.15. The van der Waals surface area contributed by atoms with E-state index in [-0.39, 0.29) is 5.56 Å². The van der Waals surface area contributed by atoms with Crippen LogP contribution in [0.1, 0.15) is 16.8 Å². The maximum atomic E-state index is 12.1. The first-order chi connectivity index (χ1) is 9.74. The molecule has 0 bridgehead atoms. The monoisotopic (exact) mass is 262 g/mol. The number of aromatic nitrogens is 2. The average Bonchev–Trinajstić information content (AvgIpc) is 2.47. The highest BCUT2D eigenvalue weighted by Gasteiger charge is 2.02. The molecule has 3 rings (SSSR count). The smallest absolute Gasteiger partial charge is 0.258 e. The van der Waals surface area contributed by atoms with Gasteiger partial charge in [0.25, 0.3) is 5.56 Å². The van der Waals surface area contributed by atoms with Crippen LogP contribution in [-0.4, -0.2) is 9.38 Å². The summed E-state index contributed by atoms with van der Waals surface area (Å²) in [5.74, 6) is 0. The zero-order valence-corrected chi connectivity index (χ0v) is 11.2. The topological polar surface area (TPSA) is 34.4 Å². The van der Waals surface area contributed by atoms with Crippen LogP contribution in [-0.2, 0) is 0 Å². The molecule has 0 atom stereocenters. The lowest BCUT2D eigenvalue weighted by Gasteiger charge is -2.03. The van der Waals surface area contributed by atoms with Crippen molar-refractivity contribution < 1.29 is 0 Å². The van der Waals surface area contributed by atoms with E-state index in [1.807, 2.05) is 61.5 Å². The summed E-state index contributed by atoms with van der Waals surface area (Å²) < 4.78 is 1.56. The second-order valence-corrected chi connectivity index (χ2v) is 4.65. The van der Waals surface area contributed by atoms with Crippen LogP contribution in [0.25, 0.3) is 17.8 Å². The molecule has 2 heterocycles. The van der Waals surface area contributed by atoms with Gasteiger partial charge in [-0.15, -0.1) is 0 Å². The molecule has 0 saturated carbocycles. The van der Waals surface area contributed by atoms with Gasteiger partial charge in [-0.3, -0.25) is 9.20 Å². The highest BCUT2D eigenvalue weighted by Crippen LogP contribution is 2.08. The van der Waals surface area contributed by atoms with Crippen molar-refractivity contribution in [1.29, 1.82) is 0 Å². The highest BCUT2D eigenvalue weighted by atomic mass is 16.1. The molecule has 0 unspecified atom stereocenters. The Kier molecular flexibility index (Phi) is 3.17. The summed E-state index contributed by atoms with van der Waals surface area (Å²) in [6.07, 6.45) is 5.56. The number of aryl methyl sites for hydroxylation is 1. The van der Waals surface area contributed by atoms with E-state index < -0.39 is 0 Å². The second-order valence-electron chi connectivity index (χ2n) is 4.65. The van der Waals surface area contributed by atoms with E-state index in [1.54, 1.807) is 16.7 Å². The van der Waals surface area contributed by atoms with E-state index in [2.05, 4.69) is 4.98 Å². The molecule has 1 aromatic carbocycles. The van der Waals surface area contributed by atoms with E-state index in [1.165, 1.54) is 0 Å². The SMILES string of the molecule is Cc1cccn2c(=O)cc(/C=C/c3ccccc3)nc12. The molecule has 0 radical (unpaired) electrons. The molecular formula is C17H14N2O. The van der Waals surface area contributed by atoms with E-state index in [9.17, 15) is 4.79 Å². The number of fused-ring (bicyclic) bond motifs is 1. The third-order valence-electron chi connectivity index (χ3n) is 3.15. The molecule has 0 saturated heterocycles. The van der Waals surface area contributed by atoms with Gasteiger partial charge in [-0.05, 0) is 30.2 Å². The molecule has 20 heavy (non-hydrogen) atoms. The standard InChI is InChI=1S/C17H14N2O/c1-13-6-5-11-19-16(20)12-15(18-17(13)19)10-9-14-7-3-2-4-8-14/h2-12H,1H3/b10-9+. The van der Waals surface area contributed by atoms with Gasteiger partial charge in [-0.1, -0.05) is 42.5 Å². The van der Waals surface area contributed by atoms with E-state index in [4.69, 9.17) is 0 Å². The largest absolute Gasteiger partial charge is 0.269 e. The molecule has 3 nitrogen and oxygen atoms in total. The fourth-order valence-electron chi connectivity index (χ4n) is 2.11. The fourth-order valence-corrected chi connectivity index (χ4v) is 2.11. The molecule has 0 aliphatic rings. The minimum Gasteiger partial charge on any atom is -0.269 e. The van der Waals surface area contributed by atoms with Crippen LogP contribution in [0.5, 0.6) is 0 Å². The predicted octanol–water partition coefficient (Wildman–Crippen LogP) is 3.17. The Morgan fingerprint density at radius 3 is 2.65 bits per heavy atom. The Bertz CT molecular complexity index is 832. The van der Waals surface area contributed by atoms with Gasteiger partial charge in [0.15, 0.2) is 0 Å². The minimum atomic E-state index is -0.0635. The zero-order valence-electron chi connectivity index (χ0n) is 11.2. The quantitative estimate of drug-likeness (QED) is 0.711. The van der Waals surface area contributed by atoms with Crippen molar-refractivity contribution in [3.05, 3.63) is 81.9 Å². The summed E-state index contributed by atoms with van der Waals surface area (Å²) >= 11 is 0. The van der Waals surface area contributed by atoms with Gasteiger partial charge < -0.3 is 0 Å². The second kappa shape index (κ2) is 5.13. The van der Waals surface area contributed by atoms with Crippen molar-refractivity contribution in [3.63, 3.8) is 0 Å². The van der Waals surface area contributed by atoms with Crippen LogP contribution in [0.4, 0.5) is 0 Å². The molecule has 0 amide bonds. The molecule has 98 valence electrons. The number of nitrogens with zero attached hydrogens (tertiary/aromatic N) is 2. The lowest BCUT2D eigenvalue weighted by molar-refractivity contribution is 1.03. The van der Waals surface area contributed by atoms with Crippen molar-refractivity contribution in [2.24, 2.45) is 0 Å². The molecular weight excluding hydrogens is 248 g/mol. The molecule has 3 aromatic rings. The first-order valence-electron chi connectivity index (χ1n) is 6.46. The Hall–Kier alpha value is -2.68. The number of rotatable bonds is 2. The normalized spacial score (nSPS) is 11.2. The molecule has 0 N–H and O–H groups in total. The lowest BCUT2D eigenvalue weighted by atomic mass is 10.2. The minimum absolute atomic E-state index is 0.0635. The Labute approximate surface area is 116 Å². The van der Waals surface area contributed by atoms with Crippen molar-refractivity contribution in [2.45, 2.75) is 6.92 Å². The lowest BCUT2D eigenvalue weighted by Crippen LogP contribution is -2.14. The molecule has 3 heteroatoms. The van der Waals surface area contributed by atoms with Crippen molar-refractivity contribution >= 4 is 17.8 Å². The summed E-state index contributed by atoms with van der Waals surface area (Å²) in [4.78, 5) is 16.6. The van der Waals surface area contributed by atoms with Crippen molar-refractivity contribution in [3.8, 4) is 0 Å². The van der Waals surface area contributed by atoms with Crippen LogP contribution in [0.2, 0.25) is 0 Å². The van der Waals surface area contributed by atoms with Crippen LogP contribution in [0, 0.1) is 6.92 Å². The van der Waals surface area contributed by atoms with Gasteiger partial charge in [0.2, 0.25) is 0 Å². The number of hydrogen-bond donors (Lipinski definition) is 0. The average molecular weight is 262 g/mol. The number of hydrogen-bond acceptors (Lipinski definition) is 2. The van der Waals surface area contributed by atoms with E-state index in [0.717, 1.165) is 11.1 Å². The summed E-state index contributed by atoms with van der Waals surface area (Å²) in [5.41, 5.74) is 3.38. The first-order valence-corrected chi connectivity index (χ1v) is 6.46. The van der Waals surface area contributed by atoms with Gasteiger partial charge in [0.1, 0.15) is 5.65 Å². The molecule has 0 aliphatic carbocycles. The highest BCUT2D eigenvalue weighted by molar-refractivity contribution is 5.68. The van der Waals surface area contributed by atoms with Crippen molar-refractivity contribution in [2.75, 3.05) is 0 Å². The predicted molar refractivity (Wildman–Crippen MR) is 81.6 cm³/mol. The van der Waals surface area contributed by atoms with Gasteiger partial charge in [-0.25, -0.2) is 4.98 Å². The third kappa shape index (κ3) is 2.38. The molecule has 2 aromatic heterocycles. The van der Waals surface area contributed by atoms with Crippen LogP contribution >= 0.6 is 0 Å². The number of pyridine rings is 1. The molecule has 0 spiro atoms. The Morgan fingerprint density at radius 1 is 1.05 bits per heavy atom. The van der Waals surface area contributed by atoms with Gasteiger partial charge in [0.05, 0.1) is 5.69 Å². The van der Waals surface area contributed by atoms with Crippen LogP contribution in [0.3, 0.4) is 0 Å². The van der Waals surface area contributed by atoms with Crippen molar-refractivity contribution in [1.82, 2.24) is 9.38 Å². The summed E-state index contributed by atoms with van der Waals surface area (Å²) in [6.45, 7) is 1.95. The summed E-state index contributed by atoms with van der Waals surface area (Å²) in [5, 5.41) is 0. The Morgan fingerprint density at radius 2 is 1.85 bits per heavy atom. The summed E-state index contributed by atoms with van der Waals surface area (Å²) in [7, 11) is 0. The number of benzene rings is 1. The van der Waals surface area contributed by atoms with Gasteiger partial charge >= 0.3 is 0 Å². The van der Waals surface area contributed by atoms with E-state index in [0.29, 0.717) is 11.3 Å². The molecule has 0 fully saturated rings. The zero-order chi connectivity index (χ0) is 13.9. The molecule has 0 aliphatic heterocycles. The van der Waals surface area contributed by atoms with Gasteiger partial charge in [0, 0.05) is 12.3 Å². The summed E-state index contributed by atoms with van der Waals surface area (Å²) in [6, 6.07) is 15.3. The van der Waals surface area contributed by atoms with Gasteiger partial charge in [-0.2, -0.15) is 0 Å². The van der Waals surface area contributed by atoms with Crippen LogP contribution in [0.15, 0.2) is 59.5 Å².